The summed E-state index contributed by atoms with van der Waals surface area (Å²) in [5.41, 5.74) is -0.643. The van der Waals surface area contributed by atoms with Gasteiger partial charge in [-0.2, -0.15) is 0 Å². The monoisotopic (exact) mass is 456 g/mol. The van der Waals surface area contributed by atoms with Crippen molar-refractivity contribution in [1.82, 2.24) is 0 Å². The second-order valence-electron chi connectivity index (χ2n) is 9.53. The first kappa shape index (κ1) is 24.9. The first-order valence-corrected chi connectivity index (χ1v) is 11.6. The van der Waals surface area contributed by atoms with Crippen molar-refractivity contribution in [2.24, 2.45) is 17.3 Å². The van der Waals surface area contributed by atoms with Crippen LogP contribution in [-0.4, -0.2) is 62.0 Å². The molecule has 0 radical (unpaired) electrons. The number of carbonyl (C=O) groups excluding carboxylic acids is 3. The Morgan fingerprint density at radius 2 is 1.91 bits per heavy atom. The third kappa shape index (κ3) is 5.10. The smallest absolute Gasteiger partial charge is 0.344 e. The van der Waals surface area contributed by atoms with Crippen LogP contribution in [0.25, 0.3) is 0 Å². The predicted molar refractivity (Wildman–Crippen MR) is 111 cm³/mol. The van der Waals surface area contributed by atoms with Crippen molar-refractivity contribution < 1.29 is 42.8 Å². The number of hydrogen-bond acceptors (Lipinski definition) is 9. The van der Waals surface area contributed by atoms with Gasteiger partial charge in [0.15, 0.2) is 30.9 Å². The summed E-state index contributed by atoms with van der Waals surface area (Å²) in [6.07, 6.45) is 1.12. The van der Waals surface area contributed by atoms with E-state index in [-0.39, 0.29) is 19.2 Å². The third-order valence-corrected chi connectivity index (χ3v) is 6.57. The molecule has 3 rings (SSSR count). The summed E-state index contributed by atoms with van der Waals surface area (Å²) in [6.45, 7) is 9.52. The summed E-state index contributed by atoms with van der Waals surface area (Å²) in [4.78, 5) is 37.3. The van der Waals surface area contributed by atoms with Crippen molar-refractivity contribution in [2.75, 3.05) is 19.8 Å². The molecule has 0 aromatic heterocycles. The zero-order valence-corrected chi connectivity index (χ0v) is 19.7. The standard InChI is InChI=1S/C23H36O9/c1-6-22(5,11-14(3)4)21(26)29-13-17(24)30-16-12-28-20-18(16)31-23(32-20)10-8-9-15(23)19(25)27-7-2/h14-16,18,20H,6-13H2,1-5H3. The van der Waals surface area contributed by atoms with E-state index in [9.17, 15) is 14.4 Å². The number of carbonyl (C=O) groups is 3. The Morgan fingerprint density at radius 1 is 1.16 bits per heavy atom. The fourth-order valence-electron chi connectivity index (χ4n) is 4.89. The quantitative estimate of drug-likeness (QED) is 0.382. The highest BCUT2D eigenvalue weighted by atomic mass is 16.8. The lowest BCUT2D eigenvalue weighted by Gasteiger charge is -2.30. The Hall–Kier alpha value is -1.71. The van der Waals surface area contributed by atoms with Crippen molar-refractivity contribution in [2.45, 2.75) is 91.0 Å². The van der Waals surface area contributed by atoms with Crippen molar-refractivity contribution in [3.8, 4) is 0 Å². The van der Waals surface area contributed by atoms with E-state index in [0.29, 0.717) is 31.6 Å². The van der Waals surface area contributed by atoms with E-state index in [2.05, 4.69) is 0 Å². The van der Waals surface area contributed by atoms with Gasteiger partial charge in [-0.1, -0.05) is 20.8 Å². The molecule has 6 atom stereocenters. The molecule has 9 nitrogen and oxygen atoms in total. The minimum absolute atomic E-state index is 0.106. The SMILES string of the molecule is CCOC(=O)C1CCCC12OC1OCC(OC(=O)COC(=O)C(C)(CC)CC(C)C)C1O2. The molecule has 3 fully saturated rings. The van der Waals surface area contributed by atoms with E-state index in [1.165, 1.54) is 0 Å². The fourth-order valence-corrected chi connectivity index (χ4v) is 4.89. The van der Waals surface area contributed by atoms with Crippen molar-refractivity contribution >= 4 is 17.9 Å². The zero-order valence-electron chi connectivity index (χ0n) is 19.7. The van der Waals surface area contributed by atoms with Crippen molar-refractivity contribution in [3.05, 3.63) is 0 Å². The maximum atomic E-state index is 12.5. The van der Waals surface area contributed by atoms with Crippen LogP contribution in [0.15, 0.2) is 0 Å². The van der Waals surface area contributed by atoms with Crippen LogP contribution in [0.5, 0.6) is 0 Å². The number of fused-ring (bicyclic) bond motifs is 1. The molecule has 0 N–H and O–H groups in total. The molecule has 3 aliphatic rings. The maximum absolute atomic E-state index is 12.5. The van der Waals surface area contributed by atoms with Gasteiger partial charge in [0.1, 0.15) is 5.92 Å². The maximum Gasteiger partial charge on any atom is 0.344 e. The van der Waals surface area contributed by atoms with Gasteiger partial charge < -0.3 is 28.4 Å². The highest BCUT2D eigenvalue weighted by Gasteiger charge is 2.62. The Labute approximate surface area is 189 Å². The first-order chi connectivity index (χ1) is 15.1. The molecule has 1 saturated carbocycles. The summed E-state index contributed by atoms with van der Waals surface area (Å²) in [6, 6.07) is 0. The average Bonchev–Trinajstić information content (AvgIpc) is 3.42. The summed E-state index contributed by atoms with van der Waals surface area (Å²) < 4.78 is 33.7. The van der Waals surface area contributed by atoms with E-state index in [1.807, 2.05) is 27.7 Å². The lowest BCUT2D eigenvalue weighted by molar-refractivity contribution is -0.243. The topological polar surface area (TPSA) is 107 Å². The summed E-state index contributed by atoms with van der Waals surface area (Å²) in [7, 11) is 0. The van der Waals surface area contributed by atoms with Crippen molar-refractivity contribution in [1.29, 1.82) is 0 Å². The van der Waals surface area contributed by atoms with Gasteiger partial charge in [0.05, 0.1) is 18.6 Å². The van der Waals surface area contributed by atoms with Crippen LogP contribution >= 0.6 is 0 Å². The lowest BCUT2D eigenvalue weighted by Crippen LogP contribution is -2.43. The molecule has 1 spiro atoms. The van der Waals surface area contributed by atoms with E-state index in [0.717, 1.165) is 6.42 Å². The summed E-state index contributed by atoms with van der Waals surface area (Å²) in [5, 5.41) is 0. The fraction of sp³-hybridized carbons (Fsp3) is 0.870. The molecule has 9 heteroatoms. The van der Waals surface area contributed by atoms with Crippen LogP contribution in [-0.2, 0) is 42.8 Å². The highest BCUT2D eigenvalue weighted by molar-refractivity contribution is 5.80. The molecular formula is C23H36O9. The average molecular weight is 457 g/mol. The largest absolute Gasteiger partial charge is 0.466 e. The summed E-state index contributed by atoms with van der Waals surface area (Å²) in [5.74, 6) is -2.76. The van der Waals surface area contributed by atoms with Gasteiger partial charge >= 0.3 is 17.9 Å². The lowest BCUT2D eigenvalue weighted by atomic mass is 9.80. The molecule has 0 bridgehead atoms. The predicted octanol–water partition coefficient (Wildman–Crippen LogP) is 2.74. The minimum atomic E-state index is -1.11. The van der Waals surface area contributed by atoms with Crippen LogP contribution in [0.2, 0.25) is 0 Å². The van der Waals surface area contributed by atoms with Crippen molar-refractivity contribution in [3.63, 3.8) is 0 Å². The van der Waals surface area contributed by atoms with E-state index in [4.69, 9.17) is 28.4 Å². The van der Waals surface area contributed by atoms with Crippen LogP contribution in [0.4, 0.5) is 0 Å². The van der Waals surface area contributed by atoms with Gasteiger partial charge in [0, 0.05) is 6.42 Å². The van der Waals surface area contributed by atoms with Gasteiger partial charge in [0.2, 0.25) is 0 Å². The molecule has 2 aliphatic heterocycles. The number of hydrogen-bond donors (Lipinski definition) is 0. The number of rotatable bonds is 9. The Morgan fingerprint density at radius 3 is 2.56 bits per heavy atom. The minimum Gasteiger partial charge on any atom is -0.466 e. The molecule has 32 heavy (non-hydrogen) atoms. The van der Waals surface area contributed by atoms with Gasteiger partial charge in [-0.25, -0.2) is 4.79 Å². The van der Waals surface area contributed by atoms with Gasteiger partial charge in [-0.05, 0) is 45.4 Å². The van der Waals surface area contributed by atoms with Crippen LogP contribution in [0, 0.1) is 17.3 Å². The van der Waals surface area contributed by atoms with Gasteiger partial charge in [-0.3, -0.25) is 9.59 Å². The van der Waals surface area contributed by atoms with E-state index >= 15 is 0 Å². The van der Waals surface area contributed by atoms with Crippen LogP contribution in [0.1, 0.15) is 66.7 Å². The van der Waals surface area contributed by atoms with E-state index in [1.54, 1.807) is 6.92 Å². The molecule has 6 unspecified atom stereocenters. The first-order valence-electron chi connectivity index (χ1n) is 11.6. The third-order valence-electron chi connectivity index (χ3n) is 6.57. The zero-order chi connectivity index (χ0) is 23.5. The molecule has 2 heterocycles. The Kier molecular flexibility index (Phi) is 7.83. The summed E-state index contributed by atoms with van der Waals surface area (Å²) >= 11 is 0. The molecule has 0 aromatic carbocycles. The highest BCUT2D eigenvalue weighted by Crippen LogP contribution is 2.49. The molecule has 0 amide bonds. The molecule has 1 aliphatic carbocycles. The van der Waals surface area contributed by atoms with E-state index < -0.39 is 54.2 Å². The second-order valence-corrected chi connectivity index (χ2v) is 9.53. The number of esters is 3. The molecule has 2 saturated heterocycles. The second kappa shape index (κ2) is 10.1. The van der Waals surface area contributed by atoms with Crippen LogP contribution in [0.3, 0.4) is 0 Å². The van der Waals surface area contributed by atoms with Gasteiger partial charge in [0.25, 0.3) is 0 Å². The Bertz CT molecular complexity index is 708. The van der Waals surface area contributed by atoms with Gasteiger partial charge in [-0.15, -0.1) is 0 Å². The Balaban J connectivity index is 1.54. The molecular weight excluding hydrogens is 420 g/mol. The molecule has 182 valence electrons. The normalized spacial score (nSPS) is 33.2. The van der Waals surface area contributed by atoms with Crippen LogP contribution < -0.4 is 0 Å². The molecule has 0 aromatic rings. The number of ether oxygens (including phenoxy) is 6.